The summed E-state index contributed by atoms with van der Waals surface area (Å²) >= 11 is 1.44. The van der Waals surface area contributed by atoms with E-state index in [0.717, 1.165) is 10.6 Å². The first-order valence-electron chi connectivity index (χ1n) is 9.72. The molecule has 1 aromatic carbocycles. The number of hydrogen-bond acceptors (Lipinski definition) is 7. The van der Waals surface area contributed by atoms with Crippen LogP contribution in [-0.4, -0.2) is 36.2 Å². The van der Waals surface area contributed by atoms with Crippen LogP contribution in [0, 0.1) is 13.8 Å². The number of nitrogens with one attached hydrogen (secondary N) is 2. The van der Waals surface area contributed by atoms with E-state index in [1.54, 1.807) is 18.7 Å². The fourth-order valence-electron chi connectivity index (χ4n) is 2.91. The number of anilines is 1. The first-order chi connectivity index (χ1) is 15.1. The molecule has 2 N–H and O–H groups in total. The predicted octanol–water partition coefficient (Wildman–Crippen LogP) is 2.76. The Morgan fingerprint density at radius 3 is 2.59 bits per heavy atom. The molecule has 0 bridgehead atoms. The van der Waals surface area contributed by atoms with E-state index in [1.165, 1.54) is 42.5 Å². The second-order valence-corrected chi connectivity index (χ2v) is 9.94. The molecular formula is C21H24N4O5S2. The minimum atomic E-state index is -3.82. The molecule has 0 spiro atoms. The second kappa shape index (κ2) is 9.63. The first-order valence-corrected chi connectivity index (χ1v) is 12.1. The van der Waals surface area contributed by atoms with E-state index in [-0.39, 0.29) is 17.0 Å². The van der Waals surface area contributed by atoms with Gasteiger partial charge >= 0.3 is 5.97 Å². The maximum absolute atomic E-state index is 12.6. The van der Waals surface area contributed by atoms with Crippen LogP contribution in [0.4, 0.5) is 5.69 Å². The van der Waals surface area contributed by atoms with Crippen molar-refractivity contribution in [3.8, 4) is 0 Å². The fourth-order valence-corrected chi connectivity index (χ4v) is 4.70. The van der Waals surface area contributed by atoms with E-state index >= 15 is 0 Å². The van der Waals surface area contributed by atoms with Gasteiger partial charge in [0.05, 0.1) is 27.5 Å². The molecule has 1 unspecified atom stereocenters. The average molecular weight is 477 g/mol. The SMILES string of the molecule is Cc1nn(C)c(C)c1NC(=O)C(C)OC(=O)c1cccc(S(=O)(=O)NCc2cccs2)c1. The number of carbonyl (C=O) groups excluding carboxylic acids is 2. The molecule has 1 amide bonds. The Bertz CT molecular complexity index is 1230. The number of nitrogens with zero attached hydrogens (tertiary/aromatic N) is 2. The number of amides is 1. The molecule has 11 heteroatoms. The number of rotatable bonds is 8. The molecule has 0 saturated heterocycles. The molecule has 3 rings (SSSR count). The standard InChI is InChI=1S/C21H24N4O5S2/c1-13-19(14(2)25(4)24-13)23-20(26)15(3)30-21(27)16-7-5-9-18(11-16)32(28,29)22-12-17-8-6-10-31-17/h5-11,15,22H,12H2,1-4H3,(H,23,26). The molecule has 0 aliphatic carbocycles. The van der Waals surface area contributed by atoms with E-state index in [9.17, 15) is 18.0 Å². The topological polar surface area (TPSA) is 119 Å². The molecule has 9 nitrogen and oxygen atoms in total. The van der Waals surface area contributed by atoms with Gasteiger partial charge in [-0.3, -0.25) is 9.48 Å². The van der Waals surface area contributed by atoms with Crippen LogP contribution in [0.2, 0.25) is 0 Å². The zero-order valence-corrected chi connectivity index (χ0v) is 19.7. The van der Waals surface area contributed by atoms with Crippen LogP contribution >= 0.6 is 11.3 Å². The van der Waals surface area contributed by atoms with Gasteiger partial charge in [-0.05, 0) is 50.4 Å². The van der Waals surface area contributed by atoms with E-state index in [2.05, 4.69) is 15.1 Å². The van der Waals surface area contributed by atoms with Crippen molar-refractivity contribution in [2.75, 3.05) is 5.32 Å². The third-order valence-corrected chi connectivity index (χ3v) is 7.08. The van der Waals surface area contributed by atoms with Crippen LogP contribution in [0.3, 0.4) is 0 Å². The molecule has 32 heavy (non-hydrogen) atoms. The summed E-state index contributed by atoms with van der Waals surface area (Å²) in [6.07, 6.45) is -1.10. The summed E-state index contributed by atoms with van der Waals surface area (Å²) in [5.41, 5.74) is 2.00. The number of carbonyl (C=O) groups is 2. The minimum Gasteiger partial charge on any atom is -0.449 e. The summed E-state index contributed by atoms with van der Waals surface area (Å²) in [7, 11) is -2.06. The van der Waals surface area contributed by atoms with Crippen molar-refractivity contribution in [3.63, 3.8) is 0 Å². The Hall–Kier alpha value is -3.02. The Kier molecular flexibility index (Phi) is 7.12. The highest BCUT2D eigenvalue weighted by atomic mass is 32.2. The largest absolute Gasteiger partial charge is 0.449 e. The summed E-state index contributed by atoms with van der Waals surface area (Å²) in [4.78, 5) is 25.8. The van der Waals surface area contributed by atoms with Crippen LogP contribution in [0.5, 0.6) is 0 Å². The fraction of sp³-hybridized carbons (Fsp3) is 0.286. The molecule has 170 valence electrons. The van der Waals surface area contributed by atoms with Crippen molar-refractivity contribution in [2.45, 2.75) is 38.3 Å². The Labute approximate surface area is 190 Å². The van der Waals surface area contributed by atoms with Gasteiger partial charge in [0.15, 0.2) is 6.10 Å². The zero-order valence-electron chi connectivity index (χ0n) is 18.1. The molecule has 0 fully saturated rings. The van der Waals surface area contributed by atoms with E-state index in [1.807, 2.05) is 24.4 Å². The number of esters is 1. The zero-order chi connectivity index (χ0) is 23.5. The van der Waals surface area contributed by atoms with Gasteiger partial charge in [0.1, 0.15) is 0 Å². The van der Waals surface area contributed by atoms with E-state index in [4.69, 9.17) is 4.74 Å². The maximum Gasteiger partial charge on any atom is 0.338 e. The maximum atomic E-state index is 12.6. The van der Waals surface area contributed by atoms with Gasteiger partial charge in [-0.15, -0.1) is 11.3 Å². The Morgan fingerprint density at radius 2 is 1.97 bits per heavy atom. The van der Waals surface area contributed by atoms with E-state index < -0.39 is 28.0 Å². The van der Waals surface area contributed by atoms with Crippen molar-refractivity contribution in [2.24, 2.45) is 7.05 Å². The lowest BCUT2D eigenvalue weighted by Gasteiger charge is -2.14. The highest BCUT2D eigenvalue weighted by Crippen LogP contribution is 2.19. The number of benzene rings is 1. The summed E-state index contributed by atoms with van der Waals surface area (Å²) in [5.74, 6) is -1.32. The van der Waals surface area contributed by atoms with Crippen molar-refractivity contribution in [3.05, 3.63) is 63.6 Å². The minimum absolute atomic E-state index is 0.0254. The van der Waals surface area contributed by atoms with Gasteiger partial charge in [0, 0.05) is 18.5 Å². The number of aromatic nitrogens is 2. The number of sulfonamides is 1. The van der Waals surface area contributed by atoms with Gasteiger partial charge in [-0.2, -0.15) is 5.10 Å². The highest BCUT2D eigenvalue weighted by Gasteiger charge is 2.23. The van der Waals surface area contributed by atoms with Crippen molar-refractivity contribution >= 4 is 38.9 Å². The lowest BCUT2D eigenvalue weighted by molar-refractivity contribution is -0.123. The summed E-state index contributed by atoms with van der Waals surface area (Å²) in [6, 6.07) is 9.14. The monoisotopic (exact) mass is 476 g/mol. The van der Waals surface area contributed by atoms with Gasteiger partial charge in [0.2, 0.25) is 10.0 Å². The average Bonchev–Trinajstić information content (AvgIpc) is 3.36. The van der Waals surface area contributed by atoms with Crippen molar-refractivity contribution < 1.29 is 22.7 Å². The number of ether oxygens (including phenoxy) is 1. The lowest BCUT2D eigenvalue weighted by atomic mass is 10.2. The molecule has 0 radical (unpaired) electrons. The van der Waals surface area contributed by atoms with Crippen molar-refractivity contribution in [1.29, 1.82) is 0 Å². The number of thiophene rings is 1. The number of aryl methyl sites for hydroxylation is 2. The van der Waals surface area contributed by atoms with Crippen LogP contribution in [-0.2, 0) is 33.1 Å². The van der Waals surface area contributed by atoms with Crippen LogP contribution in [0.15, 0.2) is 46.7 Å². The first kappa shape index (κ1) is 23.6. The Balaban J connectivity index is 1.66. The third kappa shape index (κ3) is 5.42. The summed E-state index contributed by atoms with van der Waals surface area (Å²) < 4.78 is 34.5. The molecule has 0 saturated carbocycles. The molecule has 0 aliphatic heterocycles. The third-order valence-electron chi connectivity index (χ3n) is 4.81. The van der Waals surface area contributed by atoms with Crippen LogP contribution in [0.1, 0.15) is 33.5 Å². The predicted molar refractivity (Wildman–Crippen MR) is 121 cm³/mol. The summed E-state index contributed by atoms with van der Waals surface area (Å²) in [6.45, 7) is 5.17. The number of hydrogen-bond donors (Lipinski definition) is 2. The summed E-state index contributed by atoms with van der Waals surface area (Å²) in [5, 5.41) is 8.80. The molecule has 1 atom stereocenters. The molecule has 2 aromatic heterocycles. The van der Waals surface area contributed by atoms with Gasteiger partial charge in [-0.1, -0.05) is 12.1 Å². The highest BCUT2D eigenvalue weighted by molar-refractivity contribution is 7.89. The van der Waals surface area contributed by atoms with Gasteiger partial charge < -0.3 is 10.1 Å². The smallest absolute Gasteiger partial charge is 0.338 e. The quantitative estimate of drug-likeness (QED) is 0.483. The normalized spacial score (nSPS) is 12.4. The van der Waals surface area contributed by atoms with Crippen LogP contribution < -0.4 is 10.0 Å². The molecule has 2 heterocycles. The van der Waals surface area contributed by atoms with Crippen LogP contribution in [0.25, 0.3) is 0 Å². The second-order valence-electron chi connectivity index (χ2n) is 7.14. The molecular weight excluding hydrogens is 452 g/mol. The molecule has 3 aromatic rings. The van der Waals surface area contributed by atoms with E-state index in [0.29, 0.717) is 11.4 Å². The van der Waals surface area contributed by atoms with Gasteiger partial charge in [-0.25, -0.2) is 17.9 Å². The van der Waals surface area contributed by atoms with Crippen molar-refractivity contribution in [1.82, 2.24) is 14.5 Å². The molecule has 0 aliphatic rings. The van der Waals surface area contributed by atoms with Gasteiger partial charge in [0.25, 0.3) is 5.91 Å². The lowest BCUT2D eigenvalue weighted by Crippen LogP contribution is -2.30. The Morgan fingerprint density at radius 1 is 1.22 bits per heavy atom.